The van der Waals surface area contributed by atoms with E-state index in [-0.39, 0.29) is 23.6 Å². The number of hydrogen-bond acceptors (Lipinski definition) is 6. The summed E-state index contributed by atoms with van der Waals surface area (Å²) < 4.78 is 58.9. The molecule has 8 nitrogen and oxygen atoms in total. The van der Waals surface area contributed by atoms with Crippen molar-refractivity contribution in [2.24, 2.45) is 5.92 Å². The lowest BCUT2D eigenvalue weighted by Gasteiger charge is -2.29. The highest BCUT2D eigenvalue weighted by Crippen LogP contribution is 2.48. The Hall–Kier alpha value is -3.31. The number of hydrogen-bond donors (Lipinski definition) is 1. The van der Waals surface area contributed by atoms with E-state index < -0.39 is 46.8 Å². The molecule has 0 radical (unpaired) electrons. The van der Waals surface area contributed by atoms with Gasteiger partial charge in [-0.3, -0.25) is 9.69 Å². The van der Waals surface area contributed by atoms with Crippen LogP contribution in [-0.4, -0.2) is 49.5 Å². The van der Waals surface area contributed by atoms with E-state index in [0.717, 1.165) is 24.9 Å². The Morgan fingerprint density at radius 2 is 1.76 bits per heavy atom. The second-order valence-corrected chi connectivity index (χ2v) is 9.03. The first kappa shape index (κ1) is 22.9. The van der Waals surface area contributed by atoms with Crippen molar-refractivity contribution in [3.8, 4) is 11.4 Å². The van der Waals surface area contributed by atoms with Gasteiger partial charge in [0.2, 0.25) is 5.91 Å². The first-order chi connectivity index (χ1) is 15.3. The Balaban J connectivity index is 1.58. The summed E-state index contributed by atoms with van der Waals surface area (Å²) in [7, 11) is 0. The molecule has 2 aromatic rings. The highest BCUT2D eigenvalue weighted by atomic mass is 19.4. The zero-order valence-electron chi connectivity index (χ0n) is 18.0. The number of piperidine rings is 1. The molecule has 1 aliphatic carbocycles. The molecule has 0 bridgehead atoms. The quantitative estimate of drug-likeness (QED) is 0.685. The van der Waals surface area contributed by atoms with Crippen LogP contribution < -0.4 is 5.32 Å². The van der Waals surface area contributed by atoms with E-state index in [2.05, 4.69) is 20.3 Å². The molecule has 1 aliphatic heterocycles. The summed E-state index contributed by atoms with van der Waals surface area (Å²) in [6.07, 6.45) is -2.17. The fourth-order valence-electron chi connectivity index (χ4n) is 3.86. The van der Waals surface area contributed by atoms with Crippen molar-refractivity contribution >= 4 is 17.8 Å². The Kier molecular flexibility index (Phi) is 5.49. The number of rotatable bonds is 3. The van der Waals surface area contributed by atoms with Crippen molar-refractivity contribution in [3.05, 3.63) is 36.0 Å². The summed E-state index contributed by atoms with van der Waals surface area (Å²) in [6.45, 7) is 5.14. The van der Waals surface area contributed by atoms with E-state index in [4.69, 9.17) is 4.74 Å². The summed E-state index contributed by atoms with van der Waals surface area (Å²) in [4.78, 5) is 37.9. The second kappa shape index (κ2) is 7.92. The predicted octanol–water partition coefficient (Wildman–Crippen LogP) is 4.03. The molecule has 12 heteroatoms. The van der Waals surface area contributed by atoms with E-state index in [0.29, 0.717) is 12.6 Å². The molecule has 3 atom stereocenters. The van der Waals surface area contributed by atoms with Gasteiger partial charge in [0.25, 0.3) is 0 Å². The van der Waals surface area contributed by atoms with E-state index in [1.807, 2.05) is 0 Å². The summed E-state index contributed by atoms with van der Waals surface area (Å²) in [6, 6.07) is 0.0409. The largest absolute Gasteiger partial charge is 0.444 e. The molecule has 3 heterocycles. The molecule has 0 spiro atoms. The molecule has 33 heavy (non-hydrogen) atoms. The van der Waals surface area contributed by atoms with Crippen LogP contribution in [0.25, 0.3) is 11.4 Å². The zero-order chi connectivity index (χ0) is 24.1. The number of anilines is 1. The SMILES string of the molecule is CC(C)(C)OC(=O)N1[C@@H](C(=O)Nc2cc(-c3ncc(F)cn3)c(C(F)(F)F)cn2)C[C@H]2C[C@H]21. The molecule has 1 N–H and O–H groups in total. The topological polar surface area (TPSA) is 97.3 Å². The normalized spacial score (nSPS) is 22.0. The van der Waals surface area contributed by atoms with Crippen LogP contribution >= 0.6 is 0 Å². The van der Waals surface area contributed by atoms with Gasteiger partial charge in [-0.1, -0.05) is 0 Å². The summed E-state index contributed by atoms with van der Waals surface area (Å²) >= 11 is 0. The van der Waals surface area contributed by atoms with Gasteiger partial charge in [-0.15, -0.1) is 0 Å². The number of carbonyl (C=O) groups is 2. The van der Waals surface area contributed by atoms with Crippen LogP contribution in [0.2, 0.25) is 0 Å². The Morgan fingerprint density at radius 3 is 2.36 bits per heavy atom. The first-order valence-electron chi connectivity index (χ1n) is 10.2. The minimum Gasteiger partial charge on any atom is -0.444 e. The maximum Gasteiger partial charge on any atom is 0.418 e. The fraction of sp³-hybridized carbons (Fsp3) is 0.476. The van der Waals surface area contributed by atoms with Gasteiger partial charge in [0.1, 0.15) is 17.5 Å². The number of nitrogens with zero attached hydrogens (tertiary/aromatic N) is 4. The number of aromatic nitrogens is 3. The van der Waals surface area contributed by atoms with Crippen LogP contribution in [0.1, 0.15) is 39.2 Å². The summed E-state index contributed by atoms with van der Waals surface area (Å²) in [5.74, 6) is -1.78. The minimum atomic E-state index is -4.77. The molecule has 1 saturated carbocycles. The Bertz CT molecular complexity index is 1080. The number of carbonyl (C=O) groups excluding carboxylic acids is 2. The number of alkyl halides is 3. The third kappa shape index (κ3) is 4.88. The number of fused-ring (bicyclic) bond motifs is 1. The number of nitrogens with one attached hydrogen (secondary N) is 1. The minimum absolute atomic E-state index is 0.0978. The molecule has 4 rings (SSSR count). The number of likely N-dealkylation sites (tertiary alicyclic amines) is 1. The third-order valence-corrected chi connectivity index (χ3v) is 5.33. The van der Waals surface area contributed by atoms with Gasteiger partial charge in [-0.25, -0.2) is 24.1 Å². The smallest absolute Gasteiger partial charge is 0.418 e. The van der Waals surface area contributed by atoms with Crippen molar-refractivity contribution in [2.75, 3.05) is 5.32 Å². The predicted molar refractivity (Wildman–Crippen MR) is 107 cm³/mol. The molecule has 0 aromatic carbocycles. The number of amides is 2. The lowest BCUT2D eigenvalue weighted by atomic mass is 10.1. The van der Waals surface area contributed by atoms with Crippen molar-refractivity contribution in [1.82, 2.24) is 19.9 Å². The van der Waals surface area contributed by atoms with Crippen molar-refractivity contribution < 1.29 is 31.9 Å². The highest BCUT2D eigenvalue weighted by molar-refractivity contribution is 5.97. The van der Waals surface area contributed by atoms with Gasteiger partial charge in [0.05, 0.1) is 18.0 Å². The second-order valence-electron chi connectivity index (χ2n) is 9.03. The van der Waals surface area contributed by atoms with Gasteiger partial charge in [0.15, 0.2) is 11.6 Å². The molecule has 176 valence electrons. The Labute approximate surface area is 186 Å². The maximum absolute atomic E-state index is 13.5. The summed E-state index contributed by atoms with van der Waals surface area (Å²) in [5, 5.41) is 2.48. The van der Waals surface area contributed by atoms with E-state index in [1.54, 1.807) is 20.8 Å². The maximum atomic E-state index is 13.5. The Morgan fingerprint density at radius 1 is 1.09 bits per heavy atom. The zero-order valence-corrected chi connectivity index (χ0v) is 18.0. The monoisotopic (exact) mass is 467 g/mol. The van der Waals surface area contributed by atoms with Gasteiger partial charge in [-0.05, 0) is 45.6 Å². The van der Waals surface area contributed by atoms with Gasteiger partial charge in [0, 0.05) is 17.8 Å². The third-order valence-electron chi connectivity index (χ3n) is 5.33. The molecule has 2 fully saturated rings. The van der Waals surface area contributed by atoms with Gasteiger partial charge < -0.3 is 10.1 Å². The first-order valence-corrected chi connectivity index (χ1v) is 10.2. The van der Waals surface area contributed by atoms with Crippen LogP contribution in [0, 0.1) is 11.7 Å². The van der Waals surface area contributed by atoms with Gasteiger partial charge in [-0.2, -0.15) is 13.2 Å². The summed E-state index contributed by atoms with van der Waals surface area (Å²) in [5.41, 5.74) is -2.35. The van der Waals surface area contributed by atoms with Crippen molar-refractivity contribution in [2.45, 2.75) is 57.5 Å². The van der Waals surface area contributed by atoms with Crippen LogP contribution in [0.5, 0.6) is 0 Å². The van der Waals surface area contributed by atoms with Gasteiger partial charge >= 0.3 is 12.3 Å². The van der Waals surface area contributed by atoms with Crippen LogP contribution in [-0.2, 0) is 15.7 Å². The standard InChI is InChI=1S/C21H21F4N5O3/c1-20(2,3)33-19(32)30-14-4-10(14)5-15(30)18(31)29-16-6-12(13(9-26-16)21(23,24)25)17-27-7-11(22)8-28-17/h6-10,14-15H,4-5H2,1-3H3,(H,26,29,31)/t10-,14-,15-/m1/s1. The molecule has 2 amide bonds. The van der Waals surface area contributed by atoms with Crippen molar-refractivity contribution in [1.29, 1.82) is 0 Å². The average molecular weight is 467 g/mol. The molecule has 2 aliphatic rings. The molecule has 1 saturated heterocycles. The lowest BCUT2D eigenvalue weighted by molar-refractivity contribution is -0.137. The molecular formula is C21H21F4N5O3. The van der Waals surface area contributed by atoms with E-state index in [9.17, 15) is 27.2 Å². The highest BCUT2D eigenvalue weighted by Gasteiger charge is 2.57. The van der Waals surface area contributed by atoms with E-state index in [1.165, 1.54) is 4.90 Å². The van der Waals surface area contributed by atoms with Crippen LogP contribution in [0.4, 0.5) is 28.2 Å². The fourth-order valence-corrected chi connectivity index (χ4v) is 3.86. The van der Waals surface area contributed by atoms with Crippen LogP contribution in [0.3, 0.4) is 0 Å². The number of halogens is 4. The van der Waals surface area contributed by atoms with E-state index >= 15 is 0 Å². The average Bonchev–Trinajstić information content (AvgIpc) is 3.35. The number of pyridine rings is 1. The van der Waals surface area contributed by atoms with Crippen molar-refractivity contribution in [3.63, 3.8) is 0 Å². The molecule has 0 unspecified atom stereocenters. The molecular weight excluding hydrogens is 446 g/mol. The molecule has 2 aromatic heterocycles. The lowest BCUT2D eigenvalue weighted by Crippen LogP contribution is -2.47. The van der Waals surface area contributed by atoms with Crippen LogP contribution in [0.15, 0.2) is 24.7 Å². The number of ether oxygens (including phenoxy) is 1.